The van der Waals surface area contributed by atoms with Crippen LogP contribution in [-0.2, 0) is 14.3 Å². The van der Waals surface area contributed by atoms with E-state index in [1.165, 1.54) is 4.90 Å². The first-order chi connectivity index (χ1) is 16.3. The molecule has 9 heteroatoms. The molecule has 2 aromatic rings. The zero-order valence-electron chi connectivity index (χ0n) is 21.1. The molecular formula is C26H34ClN3O5. The summed E-state index contributed by atoms with van der Waals surface area (Å²) in [6.45, 7) is 9.77. The van der Waals surface area contributed by atoms with E-state index in [0.29, 0.717) is 16.3 Å². The Hall–Kier alpha value is -3.10. The molecule has 0 radical (unpaired) electrons. The lowest BCUT2D eigenvalue weighted by Gasteiger charge is -2.32. The molecule has 0 aliphatic heterocycles. The van der Waals surface area contributed by atoms with Gasteiger partial charge in [0.05, 0.1) is 17.3 Å². The van der Waals surface area contributed by atoms with E-state index >= 15 is 0 Å². The van der Waals surface area contributed by atoms with Crippen LogP contribution in [0.3, 0.4) is 0 Å². The van der Waals surface area contributed by atoms with Crippen molar-refractivity contribution >= 4 is 35.2 Å². The molecule has 3 N–H and O–H groups in total. The number of halogens is 1. The molecule has 1 unspecified atom stereocenters. The number of hydrogen-bond donors (Lipinski definition) is 3. The lowest BCUT2D eigenvalue weighted by Crippen LogP contribution is -2.47. The van der Waals surface area contributed by atoms with E-state index in [9.17, 15) is 19.5 Å². The van der Waals surface area contributed by atoms with Crippen molar-refractivity contribution < 1.29 is 24.2 Å². The Morgan fingerprint density at radius 1 is 1.09 bits per heavy atom. The van der Waals surface area contributed by atoms with Gasteiger partial charge in [-0.3, -0.25) is 9.59 Å². The van der Waals surface area contributed by atoms with E-state index in [4.69, 9.17) is 16.3 Å². The van der Waals surface area contributed by atoms with Gasteiger partial charge < -0.3 is 25.4 Å². The smallest absolute Gasteiger partial charge is 0.408 e. The molecule has 0 aromatic heterocycles. The average Bonchev–Trinajstić information content (AvgIpc) is 2.75. The van der Waals surface area contributed by atoms with Crippen LogP contribution >= 0.6 is 11.6 Å². The van der Waals surface area contributed by atoms with Gasteiger partial charge in [0.15, 0.2) is 0 Å². The molecule has 0 saturated carbocycles. The molecule has 0 bridgehead atoms. The Morgan fingerprint density at radius 2 is 1.77 bits per heavy atom. The molecule has 8 nitrogen and oxygen atoms in total. The van der Waals surface area contributed by atoms with Crippen molar-refractivity contribution in [3.8, 4) is 0 Å². The number of carbonyl (C=O) groups excluding carboxylic acids is 3. The first-order valence-electron chi connectivity index (χ1n) is 11.3. The van der Waals surface area contributed by atoms with Gasteiger partial charge in [-0.25, -0.2) is 4.79 Å². The zero-order chi connectivity index (χ0) is 26.3. The second kappa shape index (κ2) is 12.0. The molecule has 0 aliphatic carbocycles. The highest BCUT2D eigenvalue weighted by molar-refractivity contribution is 6.34. The van der Waals surface area contributed by atoms with Gasteiger partial charge in [-0.15, -0.1) is 0 Å². The van der Waals surface area contributed by atoms with E-state index in [2.05, 4.69) is 10.6 Å². The van der Waals surface area contributed by atoms with Gasteiger partial charge in [0.2, 0.25) is 5.91 Å². The molecule has 190 valence electrons. The molecule has 3 amide bonds. The van der Waals surface area contributed by atoms with E-state index in [0.717, 1.165) is 16.7 Å². The lowest BCUT2D eigenvalue weighted by molar-refractivity contribution is -0.138. The number of hydrogen-bond acceptors (Lipinski definition) is 5. The highest BCUT2D eigenvalue weighted by Gasteiger charge is 2.33. The van der Waals surface area contributed by atoms with Gasteiger partial charge in [0.25, 0.3) is 5.91 Å². The van der Waals surface area contributed by atoms with Gasteiger partial charge in [-0.2, -0.15) is 0 Å². The summed E-state index contributed by atoms with van der Waals surface area (Å²) in [6, 6.07) is 9.79. The number of para-hydroxylation sites is 1. The number of anilines is 1. The lowest BCUT2D eigenvalue weighted by atomic mass is 9.96. The number of ether oxygens (including phenoxy) is 1. The van der Waals surface area contributed by atoms with Crippen LogP contribution in [0.15, 0.2) is 36.4 Å². The van der Waals surface area contributed by atoms with Gasteiger partial charge in [-0.05, 0) is 64.3 Å². The van der Waals surface area contributed by atoms with Crippen LogP contribution in [0, 0.1) is 20.8 Å². The van der Waals surface area contributed by atoms with Crippen LogP contribution in [0.25, 0.3) is 0 Å². The fourth-order valence-electron chi connectivity index (χ4n) is 3.56. The fraction of sp³-hybridized carbons (Fsp3) is 0.423. The summed E-state index contributed by atoms with van der Waals surface area (Å²) < 4.78 is 5.20. The molecule has 0 heterocycles. The molecule has 0 saturated heterocycles. The first kappa shape index (κ1) is 28.1. The predicted molar refractivity (Wildman–Crippen MR) is 137 cm³/mol. The molecule has 2 aromatic carbocycles. The predicted octanol–water partition coefficient (Wildman–Crippen LogP) is 4.29. The summed E-state index contributed by atoms with van der Waals surface area (Å²) in [4.78, 5) is 40.2. The van der Waals surface area contributed by atoms with Crippen molar-refractivity contribution in [1.82, 2.24) is 10.2 Å². The van der Waals surface area contributed by atoms with Crippen molar-refractivity contribution in [2.75, 3.05) is 25.0 Å². The third-order valence-corrected chi connectivity index (χ3v) is 5.52. The maximum atomic E-state index is 13.7. The van der Waals surface area contributed by atoms with Gasteiger partial charge in [0, 0.05) is 6.54 Å². The number of aliphatic hydroxyl groups excluding tert-OH is 1. The summed E-state index contributed by atoms with van der Waals surface area (Å²) in [5.74, 6) is -1.05. The van der Waals surface area contributed by atoms with Crippen LogP contribution in [0.5, 0.6) is 0 Å². The number of benzene rings is 2. The maximum absolute atomic E-state index is 13.7. The van der Waals surface area contributed by atoms with Crippen LogP contribution in [0.2, 0.25) is 5.02 Å². The monoisotopic (exact) mass is 503 g/mol. The quantitative estimate of drug-likeness (QED) is 0.498. The molecule has 0 aliphatic rings. The van der Waals surface area contributed by atoms with E-state index in [1.807, 2.05) is 45.0 Å². The number of alkyl carbamates (subject to hydrolysis) is 1. The van der Waals surface area contributed by atoms with Crippen molar-refractivity contribution in [3.05, 3.63) is 63.7 Å². The standard InChI is InChI=1S/C26H34ClN3O5/c1-16-10-11-17(2)19(14-16)23(24(33)29-22-18(3)8-7-9-20(22)27)30(12-13-31)21(32)15-28-25(34)35-26(4,5)6/h7-11,14,23,31H,12-13,15H2,1-6H3,(H,28,34)(H,29,33). The van der Waals surface area contributed by atoms with E-state index in [-0.39, 0.29) is 13.2 Å². The topological polar surface area (TPSA) is 108 Å². The number of nitrogens with zero attached hydrogens (tertiary/aromatic N) is 1. The summed E-state index contributed by atoms with van der Waals surface area (Å²) in [6.07, 6.45) is -0.755. The fourth-order valence-corrected chi connectivity index (χ4v) is 3.83. The first-order valence-corrected chi connectivity index (χ1v) is 11.7. The maximum Gasteiger partial charge on any atom is 0.408 e. The minimum atomic E-state index is -1.08. The summed E-state index contributed by atoms with van der Waals surface area (Å²) >= 11 is 6.32. The molecule has 2 rings (SSSR count). The zero-order valence-corrected chi connectivity index (χ0v) is 21.8. The SMILES string of the molecule is Cc1ccc(C)c(C(C(=O)Nc2c(C)cccc2Cl)N(CCO)C(=O)CNC(=O)OC(C)(C)C)c1. The average molecular weight is 504 g/mol. The van der Waals surface area contributed by atoms with E-state index < -0.39 is 36.1 Å². The summed E-state index contributed by atoms with van der Waals surface area (Å²) in [5, 5.41) is 15.4. The Morgan fingerprint density at radius 3 is 2.37 bits per heavy atom. The number of amides is 3. The number of aryl methyl sites for hydroxylation is 3. The van der Waals surface area contributed by atoms with Gasteiger partial charge in [-0.1, -0.05) is 47.5 Å². The minimum Gasteiger partial charge on any atom is -0.444 e. The van der Waals surface area contributed by atoms with Crippen LogP contribution in [0.1, 0.15) is 49.1 Å². The van der Waals surface area contributed by atoms with E-state index in [1.54, 1.807) is 32.9 Å². The summed E-state index contributed by atoms with van der Waals surface area (Å²) in [7, 11) is 0. The Kier molecular flexibility index (Phi) is 9.68. The largest absolute Gasteiger partial charge is 0.444 e. The third kappa shape index (κ3) is 7.97. The highest BCUT2D eigenvalue weighted by atomic mass is 35.5. The Bertz CT molecular complexity index is 1060. The number of carbonyl (C=O) groups is 3. The Balaban J connectivity index is 2.43. The summed E-state index contributed by atoms with van der Waals surface area (Å²) in [5.41, 5.74) is 2.77. The minimum absolute atomic E-state index is 0.123. The number of nitrogens with one attached hydrogen (secondary N) is 2. The van der Waals surface area contributed by atoms with Crippen molar-refractivity contribution in [1.29, 1.82) is 0 Å². The van der Waals surface area contributed by atoms with Gasteiger partial charge in [0.1, 0.15) is 18.2 Å². The molecule has 0 fully saturated rings. The van der Waals surface area contributed by atoms with Crippen molar-refractivity contribution in [2.24, 2.45) is 0 Å². The van der Waals surface area contributed by atoms with Crippen LogP contribution in [0.4, 0.5) is 10.5 Å². The van der Waals surface area contributed by atoms with Crippen LogP contribution < -0.4 is 10.6 Å². The molecule has 0 spiro atoms. The Labute approximate surface area is 211 Å². The van der Waals surface area contributed by atoms with Crippen molar-refractivity contribution in [2.45, 2.75) is 53.2 Å². The molecule has 1 atom stereocenters. The molecular weight excluding hydrogens is 470 g/mol. The normalized spacial score (nSPS) is 12.0. The second-order valence-electron chi connectivity index (χ2n) is 9.35. The van der Waals surface area contributed by atoms with Crippen LogP contribution in [-0.4, -0.2) is 53.2 Å². The number of rotatable bonds is 8. The van der Waals surface area contributed by atoms with Gasteiger partial charge >= 0.3 is 6.09 Å². The molecule has 35 heavy (non-hydrogen) atoms. The highest BCUT2D eigenvalue weighted by Crippen LogP contribution is 2.30. The number of aliphatic hydroxyl groups is 1. The van der Waals surface area contributed by atoms with Crippen molar-refractivity contribution in [3.63, 3.8) is 0 Å². The third-order valence-electron chi connectivity index (χ3n) is 5.20. The second-order valence-corrected chi connectivity index (χ2v) is 9.76.